The summed E-state index contributed by atoms with van der Waals surface area (Å²) in [5.74, 6) is 2.00. The summed E-state index contributed by atoms with van der Waals surface area (Å²) in [4.78, 5) is 33.4. The Morgan fingerprint density at radius 3 is 2.40 bits per heavy atom. The van der Waals surface area contributed by atoms with Gasteiger partial charge in [0.1, 0.15) is 11.5 Å². The fourth-order valence-corrected chi connectivity index (χ4v) is 6.90. The zero-order valence-electron chi connectivity index (χ0n) is 26.4. The second-order valence-corrected chi connectivity index (χ2v) is 11.5. The lowest BCUT2D eigenvalue weighted by Gasteiger charge is -2.50. The van der Waals surface area contributed by atoms with Gasteiger partial charge in [0.2, 0.25) is 12.3 Å². The predicted molar refractivity (Wildman–Crippen MR) is 172 cm³/mol. The molecule has 0 unspecified atom stereocenters. The van der Waals surface area contributed by atoms with Crippen LogP contribution in [0.4, 0.5) is 5.69 Å². The molecule has 2 aromatic carbocycles. The minimum atomic E-state index is -0.371. The molecule has 0 aromatic heterocycles. The average molecular weight is 597 g/mol. The maximum absolute atomic E-state index is 13.3. The van der Waals surface area contributed by atoms with Crippen LogP contribution in [0.5, 0.6) is 11.5 Å². The van der Waals surface area contributed by atoms with Gasteiger partial charge in [-0.3, -0.25) is 14.5 Å². The minimum absolute atomic E-state index is 0.142. The topological polar surface area (TPSA) is 74.4 Å². The first-order valence-corrected chi connectivity index (χ1v) is 15.9. The number of carbonyl (C=O) groups excluding carboxylic acids is 2. The van der Waals surface area contributed by atoms with Crippen molar-refractivity contribution < 1.29 is 19.1 Å². The molecule has 1 fully saturated rings. The van der Waals surface area contributed by atoms with E-state index in [1.165, 1.54) is 0 Å². The fourth-order valence-electron chi connectivity index (χ4n) is 5.94. The van der Waals surface area contributed by atoms with E-state index in [2.05, 4.69) is 44.1 Å². The second-order valence-electron chi connectivity index (χ2n) is 10.5. The molecule has 1 saturated heterocycles. The Kier molecular flexibility index (Phi) is 12.6. The average Bonchev–Trinajstić information content (AvgIpc) is 3.04. The number of nitrogens with one attached hydrogen (secondary N) is 1. The third-order valence-electron chi connectivity index (χ3n) is 8.39. The van der Waals surface area contributed by atoms with E-state index in [-0.39, 0.29) is 11.4 Å². The number of ether oxygens (including phenoxy) is 2. The van der Waals surface area contributed by atoms with E-state index in [1.54, 1.807) is 26.0 Å². The van der Waals surface area contributed by atoms with Crippen LogP contribution in [0, 0.1) is 0 Å². The van der Waals surface area contributed by atoms with Crippen LogP contribution >= 0.6 is 11.8 Å². The second kappa shape index (κ2) is 15.9. The van der Waals surface area contributed by atoms with Crippen molar-refractivity contribution >= 4 is 29.8 Å². The van der Waals surface area contributed by atoms with E-state index < -0.39 is 0 Å². The number of allylic oxidation sites excluding steroid dienone is 1. The molecule has 1 aliphatic rings. The number of benzene rings is 2. The molecule has 3 rings (SSSR count). The van der Waals surface area contributed by atoms with E-state index in [1.807, 2.05) is 53.2 Å². The molecule has 0 spiro atoms. The van der Waals surface area contributed by atoms with Crippen LogP contribution in [0.1, 0.15) is 51.2 Å². The van der Waals surface area contributed by atoms with Gasteiger partial charge in [0.25, 0.3) is 0 Å². The van der Waals surface area contributed by atoms with Crippen molar-refractivity contribution in [2.24, 2.45) is 0 Å². The number of methoxy groups -OCH3 is 2. The van der Waals surface area contributed by atoms with E-state index in [4.69, 9.17) is 9.47 Å². The van der Waals surface area contributed by atoms with Crippen LogP contribution < -0.4 is 14.8 Å². The van der Waals surface area contributed by atoms with Crippen LogP contribution in [0.3, 0.4) is 0 Å². The maximum atomic E-state index is 13.3. The summed E-state index contributed by atoms with van der Waals surface area (Å²) in [5, 5.41) is 3.20. The lowest BCUT2D eigenvalue weighted by molar-refractivity contribution is -0.131. The molecule has 230 valence electrons. The summed E-state index contributed by atoms with van der Waals surface area (Å²) < 4.78 is 11.2. The molecule has 42 heavy (non-hydrogen) atoms. The lowest BCUT2D eigenvalue weighted by Crippen LogP contribution is -2.58. The molecule has 9 heteroatoms. The highest BCUT2D eigenvalue weighted by molar-refractivity contribution is 8.00. The highest BCUT2D eigenvalue weighted by atomic mass is 32.2. The highest BCUT2D eigenvalue weighted by Crippen LogP contribution is 2.39. The first-order chi connectivity index (χ1) is 20.3. The van der Waals surface area contributed by atoms with Crippen LogP contribution in [0.15, 0.2) is 53.1 Å². The Labute approximate surface area is 256 Å². The number of carbonyl (C=O) groups is 2. The van der Waals surface area contributed by atoms with Gasteiger partial charge >= 0.3 is 0 Å². The Morgan fingerprint density at radius 1 is 1.12 bits per heavy atom. The van der Waals surface area contributed by atoms with Gasteiger partial charge in [-0.2, -0.15) is 0 Å². The molecular weight excluding hydrogens is 548 g/mol. The molecule has 0 saturated carbocycles. The highest BCUT2D eigenvalue weighted by Gasteiger charge is 2.43. The Hall–Kier alpha value is -3.17. The summed E-state index contributed by atoms with van der Waals surface area (Å²) in [6.45, 7) is 8.86. The number of likely N-dealkylation sites (N-methyl/N-ethyl adjacent to an activating group) is 1. The number of thioether (sulfide) groups is 1. The van der Waals surface area contributed by atoms with Crippen LogP contribution in [0.2, 0.25) is 0 Å². The predicted octanol–water partition coefficient (Wildman–Crippen LogP) is 5.67. The number of amides is 2. The monoisotopic (exact) mass is 596 g/mol. The van der Waals surface area contributed by atoms with Crippen molar-refractivity contribution in [1.29, 1.82) is 0 Å². The first-order valence-electron chi connectivity index (χ1n) is 14.9. The molecule has 2 aromatic rings. The number of hydrogen-bond donors (Lipinski definition) is 1. The smallest absolute Gasteiger partial charge is 0.232 e. The third-order valence-corrected chi connectivity index (χ3v) is 9.45. The number of rotatable bonds is 15. The standard InChI is InChI=1S/C33H48N4O4S/c1-8-13-31(37(24-38)22-25-20-26(40-6)21-29(41-7)27(25)9-2)33(35(5)10-3)16-18-36(19-17-33)32(39)23-42-30-15-12-11-14-28(30)34-4/h11-15,20-21,24,34H,8-10,16-19,22-23H2,1-7H3/b31-13-. The van der Waals surface area contributed by atoms with Crippen LogP contribution in [-0.4, -0.2) is 86.3 Å². The molecule has 0 aliphatic carbocycles. The molecule has 2 amide bonds. The number of hydrogen-bond acceptors (Lipinski definition) is 7. The lowest BCUT2D eigenvalue weighted by atomic mass is 9.81. The normalized spacial score (nSPS) is 15.0. The van der Waals surface area contributed by atoms with Gasteiger partial charge in [-0.1, -0.05) is 39.0 Å². The minimum Gasteiger partial charge on any atom is -0.497 e. The summed E-state index contributed by atoms with van der Waals surface area (Å²) in [6.07, 6.45) is 6.20. The molecule has 1 heterocycles. The number of likely N-dealkylation sites (tertiary alicyclic amines) is 1. The van der Waals surface area contributed by atoms with Crippen molar-refractivity contribution in [3.8, 4) is 11.5 Å². The van der Waals surface area contributed by atoms with Crippen molar-refractivity contribution in [3.05, 3.63) is 59.3 Å². The number of nitrogens with zero attached hydrogens (tertiary/aromatic N) is 3. The van der Waals surface area contributed by atoms with Crippen molar-refractivity contribution in [2.45, 2.75) is 63.4 Å². The van der Waals surface area contributed by atoms with Gasteiger partial charge in [0, 0.05) is 42.5 Å². The molecule has 1 aliphatic heterocycles. The zero-order chi connectivity index (χ0) is 30.7. The van der Waals surface area contributed by atoms with Gasteiger partial charge in [0.15, 0.2) is 0 Å². The van der Waals surface area contributed by atoms with Crippen LogP contribution in [-0.2, 0) is 22.6 Å². The third kappa shape index (κ3) is 7.42. The Bertz CT molecular complexity index is 1230. The summed E-state index contributed by atoms with van der Waals surface area (Å²) in [6, 6.07) is 11.9. The number of anilines is 1. The van der Waals surface area contributed by atoms with E-state index in [0.717, 1.165) is 71.8 Å². The van der Waals surface area contributed by atoms with Gasteiger partial charge in [-0.05, 0) is 68.6 Å². The zero-order valence-corrected chi connectivity index (χ0v) is 27.2. The Morgan fingerprint density at radius 2 is 1.83 bits per heavy atom. The maximum Gasteiger partial charge on any atom is 0.232 e. The number of para-hydroxylation sites is 1. The van der Waals surface area contributed by atoms with Crippen molar-refractivity contribution in [2.75, 3.05) is 59.0 Å². The largest absolute Gasteiger partial charge is 0.497 e. The van der Waals surface area contributed by atoms with Gasteiger partial charge in [0.05, 0.1) is 32.1 Å². The van der Waals surface area contributed by atoms with Crippen molar-refractivity contribution in [3.63, 3.8) is 0 Å². The SMILES string of the molecule is CC/C=C(\N(C=O)Cc1cc(OC)cc(OC)c1CC)C1(N(C)CC)CCN(C(=O)CSc2ccccc2NC)CC1. The quantitative estimate of drug-likeness (QED) is 0.210. The van der Waals surface area contributed by atoms with Gasteiger partial charge in [-0.15, -0.1) is 11.8 Å². The van der Waals surface area contributed by atoms with Gasteiger partial charge in [-0.25, -0.2) is 0 Å². The van der Waals surface area contributed by atoms with E-state index in [9.17, 15) is 9.59 Å². The van der Waals surface area contributed by atoms with E-state index >= 15 is 0 Å². The summed E-state index contributed by atoms with van der Waals surface area (Å²) in [7, 11) is 7.33. The molecule has 0 radical (unpaired) electrons. The summed E-state index contributed by atoms with van der Waals surface area (Å²) in [5.41, 5.74) is 3.72. The van der Waals surface area contributed by atoms with E-state index in [0.29, 0.717) is 31.1 Å². The molecule has 1 N–H and O–H groups in total. The fraction of sp³-hybridized carbons (Fsp3) is 0.515. The molecule has 8 nitrogen and oxygen atoms in total. The van der Waals surface area contributed by atoms with Gasteiger partial charge < -0.3 is 24.6 Å². The number of piperidine rings is 1. The summed E-state index contributed by atoms with van der Waals surface area (Å²) >= 11 is 1.57. The van der Waals surface area contributed by atoms with Crippen LogP contribution in [0.25, 0.3) is 0 Å². The molecular formula is C33H48N4O4S. The first kappa shape index (κ1) is 33.3. The molecule has 0 bridgehead atoms. The molecule has 0 atom stereocenters. The Balaban J connectivity index is 1.86. The van der Waals surface area contributed by atoms with Crippen molar-refractivity contribution in [1.82, 2.24) is 14.7 Å².